The van der Waals surface area contributed by atoms with E-state index in [0.717, 1.165) is 31.1 Å². The van der Waals surface area contributed by atoms with Crippen LogP contribution in [0, 0.1) is 23.7 Å². The second-order valence-electron chi connectivity index (χ2n) is 6.52. The van der Waals surface area contributed by atoms with Gasteiger partial charge in [-0.1, -0.05) is 45.4 Å². The van der Waals surface area contributed by atoms with Crippen molar-refractivity contribution in [3.8, 4) is 0 Å². The molecule has 0 amide bonds. The molecule has 3 atom stereocenters. The van der Waals surface area contributed by atoms with E-state index in [1.54, 1.807) is 0 Å². The molecule has 1 N–H and O–H groups in total. The number of carbonyl (C=O) groups is 1. The maximum Gasteiger partial charge on any atom is 0.306 e. The Bertz CT molecular complexity index is 268. The summed E-state index contributed by atoms with van der Waals surface area (Å²) < 4.78 is 0. The molecule has 2 aliphatic rings. The average Bonchev–Trinajstić information content (AvgIpc) is 2.88. The van der Waals surface area contributed by atoms with Crippen molar-refractivity contribution >= 4 is 5.97 Å². The largest absolute Gasteiger partial charge is 0.481 e. The normalized spacial score (nSPS) is 33.7. The quantitative estimate of drug-likeness (QED) is 0.783. The Kier molecular flexibility index (Phi) is 5.08. The van der Waals surface area contributed by atoms with E-state index in [2.05, 4.69) is 6.92 Å². The van der Waals surface area contributed by atoms with E-state index >= 15 is 0 Å². The molecule has 3 unspecified atom stereocenters. The molecular weight excluding hydrogens is 224 g/mol. The first-order valence-corrected chi connectivity index (χ1v) is 7.93. The first kappa shape index (κ1) is 13.9. The molecular formula is C16H28O2. The summed E-state index contributed by atoms with van der Waals surface area (Å²) in [5.74, 6) is 1.56. The zero-order valence-corrected chi connectivity index (χ0v) is 11.7. The van der Waals surface area contributed by atoms with Gasteiger partial charge in [0.1, 0.15) is 0 Å². The third-order valence-corrected chi connectivity index (χ3v) is 5.41. The van der Waals surface area contributed by atoms with Crippen molar-refractivity contribution in [1.29, 1.82) is 0 Å². The van der Waals surface area contributed by atoms with Gasteiger partial charge in [-0.2, -0.15) is 0 Å². The zero-order valence-electron chi connectivity index (χ0n) is 11.7. The van der Waals surface area contributed by atoms with Gasteiger partial charge in [0.05, 0.1) is 5.92 Å². The number of carboxylic acids is 1. The van der Waals surface area contributed by atoms with E-state index in [1.165, 1.54) is 44.9 Å². The maximum absolute atomic E-state index is 11.4. The lowest BCUT2D eigenvalue weighted by Crippen LogP contribution is -2.30. The summed E-state index contributed by atoms with van der Waals surface area (Å²) in [4.78, 5) is 11.4. The van der Waals surface area contributed by atoms with Gasteiger partial charge >= 0.3 is 5.97 Å². The summed E-state index contributed by atoms with van der Waals surface area (Å²) in [5.41, 5.74) is 0. The Morgan fingerprint density at radius 1 is 1.06 bits per heavy atom. The molecule has 0 radical (unpaired) electrons. The summed E-state index contributed by atoms with van der Waals surface area (Å²) >= 11 is 0. The van der Waals surface area contributed by atoms with Gasteiger partial charge in [0.25, 0.3) is 0 Å². The van der Waals surface area contributed by atoms with E-state index in [-0.39, 0.29) is 5.92 Å². The SMILES string of the molecule is CCC1CCC(C(=O)O)C(CCC2CCCC2)C1. The lowest BCUT2D eigenvalue weighted by Gasteiger charge is -2.34. The van der Waals surface area contributed by atoms with Crippen molar-refractivity contribution in [3.63, 3.8) is 0 Å². The van der Waals surface area contributed by atoms with E-state index in [4.69, 9.17) is 0 Å². The molecule has 0 aromatic carbocycles. The molecule has 18 heavy (non-hydrogen) atoms. The molecule has 2 heteroatoms. The van der Waals surface area contributed by atoms with E-state index in [0.29, 0.717) is 5.92 Å². The van der Waals surface area contributed by atoms with Gasteiger partial charge in [-0.05, 0) is 43.4 Å². The molecule has 2 nitrogen and oxygen atoms in total. The molecule has 0 bridgehead atoms. The molecule has 104 valence electrons. The van der Waals surface area contributed by atoms with Crippen LogP contribution in [0.15, 0.2) is 0 Å². The van der Waals surface area contributed by atoms with Crippen molar-refractivity contribution in [2.24, 2.45) is 23.7 Å². The summed E-state index contributed by atoms with van der Waals surface area (Å²) in [7, 11) is 0. The molecule has 0 heterocycles. The van der Waals surface area contributed by atoms with Crippen LogP contribution in [-0.2, 0) is 4.79 Å². The predicted molar refractivity (Wildman–Crippen MR) is 73.4 cm³/mol. The number of aliphatic carboxylic acids is 1. The van der Waals surface area contributed by atoms with Crippen molar-refractivity contribution < 1.29 is 9.90 Å². The number of carboxylic acid groups (broad SMARTS) is 1. The second kappa shape index (κ2) is 6.58. The van der Waals surface area contributed by atoms with Crippen molar-refractivity contribution in [3.05, 3.63) is 0 Å². The van der Waals surface area contributed by atoms with Gasteiger partial charge < -0.3 is 5.11 Å². The topological polar surface area (TPSA) is 37.3 Å². The van der Waals surface area contributed by atoms with Gasteiger partial charge in [-0.3, -0.25) is 4.79 Å². The molecule has 0 saturated heterocycles. The molecule has 2 aliphatic carbocycles. The number of rotatable bonds is 5. The molecule has 0 aromatic rings. The Morgan fingerprint density at radius 3 is 2.39 bits per heavy atom. The first-order valence-electron chi connectivity index (χ1n) is 7.93. The monoisotopic (exact) mass is 252 g/mol. The summed E-state index contributed by atoms with van der Waals surface area (Å²) in [5, 5.41) is 9.36. The molecule has 2 rings (SSSR count). The third kappa shape index (κ3) is 3.49. The molecule has 2 saturated carbocycles. The Balaban J connectivity index is 1.85. The Morgan fingerprint density at radius 2 is 1.78 bits per heavy atom. The molecule has 2 fully saturated rings. The Labute approximate surface area is 111 Å². The highest BCUT2D eigenvalue weighted by Crippen LogP contribution is 2.40. The highest BCUT2D eigenvalue weighted by Gasteiger charge is 2.34. The van der Waals surface area contributed by atoms with Crippen LogP contribution in [0.25, 0.3) is 0 Å². The molecule has 0 aromatic heterocycles. The van der Waals surface area contributed by atoms with Crippen LogP contribution >= 0.6 is 0 Å². The van der Waals surface area contributed by atoms with Gasteiger partial charge in [0.15, 0.2) is 0 Å². The number of hydrogen-bond acceptors (Lipinski definition) is 1. The fourth-order valence-corrected chi connectivity index (χ4v) is 4.12. The molecule has 0 aliphatic heterocycles. The standard InChI is InChI=1S/C16H28O2/c1-2-12-8-10-15(16(17)18)14(11-12)9-7-13-5-3-4-6-13/h12-15H,2-11H2,1H3,(H,17,18). The van der Waals surface area contributed by atoms with Crippen molar-refractivity contribution in [2.45, 2.75) is 71.1 Å². The van der Waals surface area contributed by atoms with Crippen LogP contribution < -0.4 is 0 Å². The molecule has 0 spiro atoms. The minimum atomic E-state index is -0.541. The van der Waals surface area contributed by atoms with E-state index < -0.39 is 5.97 Å². The van der Waals surface area contributed by atoms with Crippen LogP contribution in [0.5, 0.6) is 0 Å². The lowest BCUT2D eigenvalue weighted by molar-refractivity contribution is -0.145. The van der Waals surface area contributed by atoms with Crippen LogP contribution in [0.1, 0.15) is 71.1 Å². The summed E-state index contributed by atoms with van der Waals surface area (Å²) in [6.07, 6.45) is 12.5. The first-order chi connectivity index (χ1) is 8.70. The zero-order chi connectivity index (χ0) is 13.0. The minimum Gasteiger partial charge on any atom is -0.481 e. The summed E-state index contributed by atoms with van der Waals surface area (Å²) in [6.45, 7) is 2.25. The van der Waals surface area contributed by atoms with Gasteiger partial charge in [-0.15, -0.1) is 0 Å². The highest BCUT2D eigenvalue weighted by atomic mass is 16.4. The van der Waals surface area contributed by atoms with E-state index in [9.17, 15) is 9.90 Å². The lowest BCUT2D eigenvalue weighted by atomic mass is 9.71. The predicted octanol–water partition coefficient (Wildman–Crippen LogP) is 4.48. The summed E-state index contributed by atoms with van der Waals surface area (Å²) in [6, 6.07) is 0. The van der Waals surface area contributed by atoms with Gasteiger partial charge in [0.2, 0.25) is 0 Å². The van der Waals surface area contributed by atoms with Crippen LogP contribution in [0.2, 0.25) is 0 Å². The smallest absolute Gasteiger partial charge is 0.306 e. The number of hydrogen-bond donors (Lipinski definition) is 1. The van der Waals surface area contributed by atoms with Crippen molar-refractivity contribution in [1.82, 2.24) is 0 Å². The van der Waals surface area contributed by atoms with Crippen LogP contribution in [0.3, 0.4) is 0 Å². The van der Waals surface area contributed by atoms with Gasteiger partial charge in [-0.25, -0.2) is 0 Å². The minimum absolute atomic E-state index is 0.0470. The van der Waals surface area contributed by atoms with Gasteiger partial charge in [0, 0.05) is 0 Å². The second-order valence-corrected chi connectivity index (χ2v) is 6.52. The fraction of sp³-hybridized carbons (Fsp3) is 0.938. The van der Waals surface area contributed by atoms with E-state index in [1.807, 2.05) is 0 Å². The highest BCUT2D eigenvalue weighted by molar-refractivity contribution is 5.70. The van der Waals surface area contributed by atoms with Crippen LogP contribution in [-0.4, -0.2) is 11.1 Å². The average molecular weight is 252 g/mol. The third-order valence-electron chi connectivity index (χ3n) is 5.41. The fourth-order valence-electron chi connectivity index (χ4n) is 4.12. The maximum atomic E-state index is 11.4. The Hall–Kier alpha value is -0.530. The van der Waals surface area contributed by atoms with Crippen molar-refractivity contribution in [2.75, 3.05) is 0 Å². The van der Waals surface area contributed by atoms with Crippen LogP contribution in [0.4, 0.5) is 0 Å².